The largest absolute Gasteiger partial charge is 0.356 e. The minimum absolute atomic E-state index is 0.0169. The summed E-state index contributed by atoms with van der Waals surface area (Å²) in [5.74, 6) is -0.0169. The molecular formula is C14H9N3O. The van der Waals surface area contributed by atoms with E-state index in [-0.39, 0.29) is 5.78 Å². The second-order valence-corrected chi connectivity index (χ2v) is 4.50. The summed E-state index contributed by atoms with van der Waals surface area (Å²) in [7, 11) is 1.91. The van der Waals surface area contributed by atoms with Gasteiger partial charge in [-0.15, -0.1) is 0 Å². The van der Waals surface area contributed by atoms with Gasteiger partial charge in [-0.25, -0.2) is 0 Å². The van der Waals surface area contributed by atoms with E-state index < -0.39 is 0 Å². The van der Waals surface area contributed by atoms with Crippen molar-refractivity contribution < 1.29 is 4.79 Å². The number of hydrogen-bond acceptors (Lipinski definition) is 3. The molecule has 0 saturated carbocycles. The molecule has 1 aliphatic carbocycles. The molecule has 0 aromatic carbocycles. The summed E-state index contributed by atoms with van der Waals surface area (Å²) in [5.41, 5.74) is 2.94. The van der Waals surface area contributed by atoms with E-state index in [2.05, 4.69) is 9.97 Å². The maximum atomic E-state index is 12.4. The van der Waals surface area contributed by atoms with Gasteiger partial charge in [-0.2, -0.15) is 0 Å². The SMILES string of the molecule is Cn1cc2c(c1)-c1nccc3ccnc(c13)C2=O. The Balaban J connectivity index is 2.27. The number of fused-ring (bicyclic) bond motifs is 2. The van der Waals surface area contributed by atoms with Gasteiger partial charge >= 0.3 is 0 Å². The Morgan fingerprint density at radius 2 is 1.67 bits per heavy atom. The van der Waals surface area contributed by atoms with Crippen molar-refractivity contribution in [2.45, 2.75) is 0 Å². The minimum atomic E-state index is -0.0169. The topological polar surface area (TPSA) is 47.8 Å². The number of carbonyl (C=O) groups is 1. The van der Waals surface area contributed by atoms with E-state index in [4.69, 9.17) is 0 Å². The van der Waals surface area contributed by atoms with Crippen LogP contribution in [0.3, 0.4) is 0 Å². The van der Waals surface area contributed by atoms with E-state index in [1.165, 1.54) is 0 Å². The molecule has 0 spiro atoms. The van der Waals surface area contributed by atoms with Crippen LogP contribution >= 0.6 is 0 Å². The fourth-order valence-corrected chi connectivity index (χ4v) is 2.58. The first-order valence-electron chi connectivity index (χ1n) is 5.70. The molecule has 0 unspecified atom stereocenters. The van der Waals surface area contributed by atoms with Gasteiger partial charge in [-0.1, -0.05) is 0 Å². The predicted octanol–water partition coefficient (Wildman–Crippen LogP) is 2.18. The molecule has 0 bridgehead atoms. The monoisotopic (exact) mass is 235 g/mol. The zero-order chi connectivity index (χ0) is 12.3. The predicted molar refractivity (Wildman–Crippen MR) is 67.4 cm³/mol. The van der Waals surface area contributed by atoms with Gasteiger partial charge in [-0.3, -0.25) is 14.8 Å². The van der Waals surface area contributed by atoms with Gasteiger partial charge in [0, 0.05) is 42.8 Å². The molecule has 0 aliphatic heterocycles. The fraction of sp³-hybridized carbons (Fsp3) is 0.0714. The highest BCUT2D eigenvalue weighted by Crippen LogP contribution is 2.36. The first-order valence-corrected chi connectivity index (χ1v) is 5.70. The van der Waals surface area contributed by atoms with Crippen molar-refractivity contribution in [2.24, 2.45) is 7.05 Å². The molecule has 3 heterocycles. The van der Waals surface area contributed by atoms with Gasteiger partial charge in [0.25, 0.3) is 0 Å². The molecule has 0 saturated heterocycles. The Kier molecular flexibility index (Phi) is 1.61. The molecule has 0 N–H and O–H groups in total. The molecule has 1 aliphatic rings. The normalized spacial score (nSPS) is 12.8. The zero-order valence-electron chi connectivity index (χ0n) is 9.71. The zero-order valence-corrected chi connectivity index (χ0v) is 9.71. The third kappa shape index (κ3) is 1.02. The minimum Gasteiger partial charge on any atom is -0.356 e. The fourth-order valence-electron chi connectivity index (χ4n) is 2.58. The Hall–Kier alpha value is -2.49. The molecule has 3 aromatic rings. The Morgan fingerprint density at radius 1 is 1.00 bits per heavy atom. The van der Waals surface area contributed by atoms with Gasteiger partial charge in [0.1, 0.15) is 5.69 Å². The highest BCUT2D eigenvalue weighted by molar-refractivity contribution is 6.23. The maximum Gasteiger partial charge on any atom is 0.214 e. The number of aryl methyl sites for hydroxylation is 1. The summed E-state index contributed by atoms with van der Waals surface area (Å²) in [5, 5.41) is 1.87. The molecular weight excluding hydrogens is 226 g/mol. The summed E-state index contributed by atoms with van der Waals surface area (Å²) in [6.45, 7) is 0. The van der Waals surface area contributed by atoms with Crippen LogP contribution in [0.2, 0.25) is 0 Å². The van der Waals surface area contributed by atoms with Crippen molar-refractivity contribution >= 4 is 16.6 Å². The molecule has 0 amide bonds. The van der Waals surface area contributed by atoms with Gasteiger partial charge in [0.15, 0.2) is 0 Å². The van der Waals surface area contributed by atoms with E-state index >= 15 is 0 Å². The van der Waals surface area contributed by atoms with Crippen LogP contribution < -0.4 is 0 Å². The lowest BCUT2D eigenvalue weighted by molar-refractivity contribution is 0.103. The highest BCUT2D eigenvalue weighted by atomic mass is 16.1. The Labute approximate surface area is 103 Å². The summed E-state index contributed by atoms with van der Waals surface area (Å²) >= 11 is 0. The smallest absolute Gasteiger partial charge is 0.214 e. The van der Waals surface area contributed by atoms with Gasteiger partial charge < -0.3 is 4.57 Å². The molecule has 4 heteroatoms. The number of nitrogens with zero attached hydrogens (tertiary/aromatic N) is 3. The van der Waals surface area contributed by atoms with Crippen molar-refractivity contribution in [3.05, 3.63) is 48.2 Å². The van der Waals surface area contributed by atoms with Crippen molar-refractivity contribution in [1.29, 1.82) is 0 Å². The lowest BCUT2D eigenvalue weighted by Crippen LogP contribution is -2.10. The van der Waals surface area contributed by atoms with E-state index in [0.717, 1.165) is 22.0 Å². The lowest BCUT2D eigenvalue weighted by atomic mass is 9.92. The molecule has 0 fully saturated rings. The van der Waals surface area contributed by atoms with E-state index in [9.17, 15) is 4.79 Å². The summed E-state index contributed by atoms with van der Waals surface area (Å²) < 4.78 is 1.88. The molecule has 86 valence electrons. The number of carbonyl (C=O) groups excluding carboxylic acids is 1. The maximum absolute atomic E-state index is 12.4. The highest BCUT2D eigenvalue weighted by Gasteiger charge is 2.28. The van der Waals surface area contributed by atoms with E-state index in [1.54, 1.807) is 12.4 Å². The van der Waals surface area contributed by atoms with Crippen molar-refractivity contribution in [3.8, 4) is 11.3 Å². The molecule has 3 aromatic heterocycles. The number of hydrogen-bond donors (Lipinski definition) is 0. The van der Waals surface area contributed by atoms with Gasteiger partial charge in [-0.05, 0) is 17.5 Å². The summed E-state index contributed by atoms with van der Waals surface area (Å²) in [4.78, 5) is 21.1. The second kappa shape index (κ2) is 3.04. The van der Waals surface area contributed by atoms with Crippen LogP contribution in [0.4, 0.5) is 0 Å². The second-order valence-electron chi connectivity index (χ2n) is 4.50. The standard InChI is InChI=1S/C14H9N3O/c1-17-6-9-10(7-17)14(18)13-11-8(3-5-16-13)2-4-15-12(9)11/h2-7H,1H3. The van der Waals surface area contributed by atoms with Crippen molar-refractivity contribution in [3.63, 3.8) is 0 Å². The quantitative estimate of drug-likeness (QED) is 0.469. The average Bonchev–Trinajstić information content (AvgIpc) is 2.78. The van der Waals surface area contributed by atoms with Crippen LogP contribution in [0.25, 0.3) is 22.0 Å². The van der Waals surface area contributed by atoms with Gasteiger partial charge in [0.2, 0.25) is 5.78 Å². The number of ketones is 1. The summed E-state index contributed by atoms with van der Waals surface area (Å²) in [6.07, 6.45) is 7.21. The lowest BCUT2D eigenvalue weighted by Gasteiger charge is -2.14. The van der Waals surface area contributed by atoms with E-state index in [1.807, 2.05) is 36.1 Å². The van der Waals surface area contributed by atoms with Gasteiger partial charge in [0.05, 0.1) is 11.3 Å². The third-order valence-electron chi connectivity index (χ3n) is 3.35. The summed E-state index contributed by atoms with van der Waals surface area (Å²) in [6, 6.07) is 3.82. The van der Waals surface area contributed by atoms with Crippen LogP contribution in [-0.2, 0) is 7.05 Å². The molecule has 4 rings (SSSR count). The van der Waals surface area contributed by atoms with Crippen molar-refractivity contribution in [1.82, 2.24) is 14.5 Å². The number of rotatable bonds is 0. The third-order valence-corrected chi connectivity index (χ3v) is 3.35. The number of aromatic nitrogens is 3. The molecule has 0 radical (unpaired) electrons. The first-order chi connectivity index (χ1) is 8.75. The van der Waals surface area contributed by atoms with Crippen LogP contribution in [-0.4, -0.2) is 20.3 Å². The molecule has 4 nitrogen and oxygen atoms in total. The van der Waals surface area contributed by atoms with Crippen molar-refractivity contribution in [2.75, 3.05) is 0 Å². The van der Waals surface area contributed by atoms with E-state index in [0.29, 0.717) is 11.3 Å². The first kappa shape index (κ1) is 9.53. The van der Waals surface area contributed by atoms with Crippen LogP contribution in [0.5, 0.6) is 0 Å². The number of pyridine rings is 2. The van der Waals surface area contributed by atoms with Crippen LogP contribution in [0, 0.1) is 0 Å². The molecule has 0 atom stereocenters. The molecule has 18 heavy (non-hydrogen) atoms. The Bertz CT molecular complexity index is 812. The average molecular weight is 235 g/mol. The van der Waals surface area contributed by atoms with Crippen LogP contribution in [0.1, 0.15) is 16.1 Å². The Morgan fingerprint density at radius 3 is 2.44 bits per heavy atom. The van der Waals surface area contributed by atoms with Crippen LogP contribution in [0.15, 0.2) is 36.9 Å².